The topological polar surface area (TPSA) is 68.3 Å². The molecule has 4 aliphatic rings. The van der Waals surface area contributed by atoms with E-state index in [1.54, 1.807) is 18.9 Å². The molecule has 2 amide bonds. The lowest BCUT2D eigenvalue weighted by atomic mass is 9.70. The van der Waals surface area contributed by atoms with Crippen LogP contribution in [0.3, 0.4) is 0 Å². The van der Waals surface area contributed by atoms with Gasteiger partial charge >= 0.3 is 0 Å². The molecule has 5 rings (SSSR count). The van der Waals surface area contributed by atoms with Gasteiger partial charge in [-0.15, -0.1) is 0 Å². The average molecular weight is 443 g/mol. The number of nitrogens with zero attached hydrogens (tertiary/aromatic N) is 2. The van der Waals surface area contributed by atoms with Gasteiger partial charge in [-0.1, -0.05) is 12.1 Å². The Kier molecular flexibility index (Phi) is 5.35. The number of para-hydroxylation sites is 1. The van der Waals surface area contributed by atoms with Gasteiger partial charge in [0.2, 0.25) is 11.8 Å². The van der Waals surface area contributed by atoms with Gasteiger partial charge in [0, 0.05) is 44.0 Å². The van der Waals surface area contributed by atoms with Gasteiger partial charge < -0.3 is 24.0 Å². The molecule has 0 bridgehead atoms. The Hall–Kier alpha value is -2.28. The number of fused-ring (bicyclic) bond motifs is 4. The second-order valence-electron chi connectivity index (χ2n) is 10.2. The van der Waals surface area contributed by atoms with E-state index in [1.165, 1.54) is 0 Å². The highest BCUT2D eigenvalue weighted by Gasteiger charge is 2.52. The predicted molar refractivity (Wildman–Crippen MR) is 119 cm³/mol. The number of benzene rings is 1. The first kappa shape index (κ1) is 21.6. The molecule has 0 aromatic heterocycles. The zero-order chi connectivity index (χ0) is 22.6. The number of likely N-dealkylation sites (tertiary alicyclic amines) is 2. The van der Waals surface area contributed by atoms with E-state index in [4.69, 9.17) is 14.2 Å². The van der Waals surface area contributed by atoms with E-state index in [0.717, 1.165) is 42.7 Å². The lowest BCUT2D eigenvalue weighted by molar-refractivity contribution is -0.189. The molecule has 4 heterocycles. The zero-order valence-corrected chi connectivity index (χ0v) is 19.5. The van der Waals surface area contributed by atoms with Crippen LogP contribution < -0.4 is 9.47 Å². The molecule has 7 nitrogen and oxygen atoms in total. The Morgan fingerprint density at radius 3 is 2.75 bits per heavy atom. The third-order valence-electron chi connectivity index (χ3n) is 7.96. The number of carbonyl (C=O) groups is 2. The first-order valence-electron chi connectivity index (χ1n) is 11.9. The lowest BCUT2D eigenvalue weighted by Crippen LogP contribution is -2.57. The standard InChI is InChI=1S/C25H34N2O5/c1-15(28)27-11-6-8-19(27)24(29)26-12-10-20-16(14-26)13-18-22(31-20)17-7-5-9-21(30-4)23(17)32-25(18,2)3/h5,7,9,16,18-20,22H,6,8,10-14H2,1-4H3/t16-,18+,19-,20+,22-/m1/s1. The molecule has 5 atom stereocenters. The first-order chi connectivity index (χ1) is 15.3. The Labute approximate surface area is 190 Å². The third kappa shape index (κ3) is 3.45. The van der Waals surface area contributed by atoms with Gasteiger partial charge in [-0.3, -0.25) is 9.59 Å². The van der Waals surface area contributed by atoms with E-state index in [9.17, 15) is 9.59 Å². The van der Waals surface area contributed by atoms with Crippen LogP contribution in [0, 0.1) is 11.8 Å². The molecule has 3 fully saturated rings. The molecule has 4 aliphatic heterocycles. The van der Waals surface area contributed by atoms with Crippen molar-refractivity contribution < 1.29 is 23.8 Å². The van der Waals surface area contributed by atoms with Crippen LogP contribution in [-0.4, -0.2) is 66.1 Å². The van der Waals surface area contributed by atoms with Gasteiger partial charge in [0.1, 0.15) is 11.6 Å². The zero-order valence-electron chi connectivity index (χ0n) is 19.5. The minimum atomic E-state index is -0.402. The van der Waals surface area contributed by atoms with E-state index in [0.29, 0.717) is 19.6 Å². The van der Waals surface area contributed by atoms with Crippen molar-refractivity contribution in [3.05, 3.63) is 23.8 Å². The van der Waals surface area contributed by atoms with Crippen LogP contribution in [0.25, 0.3) is 0 Å². The molecule has 7 heteroatoms. The summed E-state index contributed by atoms with van der Waals surface area (Å²) in [4.78, 5) is 29.0. The monoisotopic (exact) mass is 442 g/mol. The largest absolute Gasteiger partial charge is 0.493 e. The maximum absolute atomic E-state index is 13.3. The number of amides is 2. The van der Waals surface area contributed by atoms with Crippen molar-refractivity contribution in [2.45, 2.75) is 70.3 Å². The molecular formula is C25H34N2O5. The number of hydrogen-bond acceptors (Lipinski definition) is 5. The summed E-state index contributed by atoms with van der Waals surface area (Å²) in [5.74, 6) is 2.10. The van der Waals surface area contributed by atoms with Gasteiger partial charge in [0.15, 0.2) is 11.5 Å². The second-order valence-corrected chi connectivity index (χ2v) is 10.2. The fourth-order valence-corrected chi connectivity index (χ4v) is 6.26. The molecule has 3 saturated heterocycles. The lowest BCUT2D eigenvalue weighted by Gasteiger charge is -2.53. The van der Waals surface area contributed by atoms with Crippen LogP contribution in [0.2, 0.25) is 0 Å². The van der Waals surface area contributed by atoms with Gasteiger partial charge in [-0.05, 0) is 45.6 Å². The molecule has 0 aliphatic carbocycles. The summed E-state index contributed by atoms with van der Waals surface area (Å²) >= 11 is 0. The fourth-order valence-electron chi connectivity index (χ4n) is 6.26. The minimum Gasteiger partial charge on any atom is -0.493 e. The molecule has 32 heavy (non-hydrogen) atoms. The number of piperidine rings is 1. The van der Waals surface area contributed by atoms with Crippen LogP contribution in [0.4, 0.5) is 0 Å². The molecule has 174 valence electrons. The van der Waals surface area contributed by atoms with Crippen LogP contribution in [-0.2, 0) is 14.3 Å². The maximum atomic E-state index is 13.3. The van der Waals surface area contributed by atoms with Crippen LogP contribution >= 0.6 is 0 Å². The van der Waals surface area contributed by atoms with Gasteiger partial charge in [-0.25, -0.2) is 0 Å². The summed E-state index contributed by atoms with van der Waals surface area (Å²) in [5, 5.41) is 0. The van der Waals surface area contributed by atoms with E-state index in [2.05, 4.69) is 19.9 Å². The summed E-state index contributed by atoms with van der Waals surface area (Å²) in [6.07, 6.45) is 3.54. The van der Waals surface area contributed by atoms with Crippen molar-refractivity contribution in [1.29, 1.82) is 0 Å². The third-order valence-corrected chi connectivity index (χ3v) is 7.96. The Morgan fingerprint density at radius 2 is 2.00 bits per heavy atom. The number of rotatable bonds is 2. The summed E-state index contributed by atoms with van der Waals surface area (Å²) in [5.41, 5.74) is 0.661. The molecule has 0 spiro atoms. The number of ether oxygens (including phenoxy) is 3. The summed E-state index contributed by atoms with van der Waals surface area (Å²) in [7, 11) is 1.67. The smallest absolute Gasteiger partial charge is 0.245 e. The highest BCUT2D eigenvalue weighted by atomic mass is 16.5. The number of methoxy groups -OCH3 is 1. The van der Waals surface area contributed by atoms with Crippen molar-refractivity contribution in [2.24, 2.45) is 11.8 Å². The fraction of sp³-hybridized carbons (Fsp3) is 0.680. The van der Waals surface area contributed by atoms with E-state index < -0.39 is 5.60 Å². The van der Waals surface area contributed by atoms with Crippen molar-refractivity contribution in [3.8, 4) is 11.5 Å². The van der Waals surface area contributed by atoms with Gasteiger partial charge in [-0.2, -0.15) is 0 Å². The highest BCUT2D eigenvalue weighted by Crippen LogP contribution is 2.55. The van der Waals surface area contributed by atoms with Gasteiger partial charge in [0.25, 0.3) is 0 Å². The van der Waals surface area contributed by atoms with Gasteiger partial charge in [0.05, 0.1) is 19.3 Å². The van der Waals surface area contributed by atoms with E-state index >= 15 is 0 Å². The van der Waals surface area contributed by atoms with Crippen LogP contribution in [0.1, 0.15) is 58.1 Å². The normalized spacial score (nSPS) is 32.9. The molecule has 1 aromatic carbocycles. The average Bonchev–Trinajstić information content (AvgIpc) is 3.27. The summed E-state index contributed by atoms with van der Waals surface area (Å²) in [6, 6.07) is 5.71. The molecule has 1 aromatic rings. The number of carbonyl (C=O) groups excluding carboxylic acids is 2. The minimum absolute atomic E-state index is 0.00484. The van der Waals surface area contributed by atoms with Crippen LogP contribution in [0.5, 0.6) is 11.5 Å². The molecule has 0 unspecified atom stereocenters. The molecular weight excluding hydrogens is 408 g/mol. The molecule has 0 N–H and O–H groups in total. The van der Waals surface area contributed by atoms with E-state index in [-0.39, 0.29) is 41.9 Å². The van der Waals surface area contributed by atoms with Crippen LogP contribution in [0.15, 0.2) is 18.2 Å². The number of hydrogen-bond donors (Lipinski definition) is 0. The first-order valence-corrected chi connectivity index (χ1v) is 11.9. The Balaban J connectivity index is 1.35. The highest BCUT2D eigenvalue weighted by molar-refractivity contribution is 5.87. The summed E-state index contributed by atoms with van der Waals surface area (Å²) in [6.45, 7) is 7.87. The van der Waals surface area contributed by atoms with E-state index in [1.807, 2.05) is 17.0 Å². The SMILES string of the molecule is COc1cccc2c1OC(C)(C)[C@H]1C[C@@H]3CN(C(=O)[C@H]4CCCN4C(C)=O)CC[C@@H]3O[C@H]21. The maximum Gasteiger partial charge on any atom is 0.245 e. The molecule has 0 radical (unpaired) electrons. The van der Waals surface area contributed by atoms with Crippen molar-refractivity contribution >= 4 is 11.8 Å². The molecule has 0 saturated carbocycles. The summed E-state index contributed by atoms with van der Waals surface area (Å²) < 4.78 is 18.7. The van der Waals surface area contributed by atoms with Crippen molar-refractivity contribution in [2.75, 3.05) is 26.7 Å². The predicted octanol–water partition coefficient (Wildman–Crippen LogP) is 3.17. The van der Waals surface area contributed by atoms with Crippen molar-refractivity contribution in [3.63, 3.8) is 0 Å². The Morgan fingerprint density at radius 1 is 1.19 bits per heavy atom. The second kappa shape index (κ2) is 7.94. The Bertz CT molecular complexity index is 916. The quantitative estimate of drug-likeness (QED) is 0.704. The van der Waals surface area contributed by atoms with Crippen molar-refractivity contribution in [1.82, 2.24) is 9.80 Å².